The quantitative estimate of drug-likeness (QED) is 0.622. The number of Topliss-reactive ketones (excluding diaryl/α,β-unsaturated/α-hetero) is 1. The molecule has 0 aliphatic heterocycles. The van der Waals surface area contributed by atoms with Gasteiger partial charge in [-0.15, -0.1) is 0 Å². The summed E-state index contributed by atoms with van der Waals surface area (Å²) in [4.78, 5) is 38.1. The third kappa shape index (κ3) is 2.56. The van der Waals surface area contributed by atoms with E-state index in [2.05, 4.69) is 4.98 Å². The summed E-state index contributed by atoms with van der Waals surface area (Å²) < 4.78 is 1.17. The fourth-order valence-electron chi connectivity index (χ4n) is 1.72. The van der Waals surface area contributed by atoms with E-state index >= 15 is 0 Å². The Morgan fingerprint density at radius 1 is 1.45 bits per heavy atom. The van der Waals surface area contributed by atoms with Gasteiger partial charge in [0.15, 0.2) is 5.78 Å². The average molecular weight is 275 g/mol. The minimum atomic E-state index is -0.574. The highest BCUT2D eigenvalue weighted by molar-refractivity contribution is 5.82. The number of rotatable bonds is 4. The molecule has 20 heavy (non-hydrogen) atoms. The SMILES string of the molecule is CC(C)C(=O)Cn1cnc2ccc([N+](=O)[O-])cc2c1=O. The number of nitrogens with zero attached hydrogens (tertiary/aromatic N) is 3. The Bertz CT molecular complexity index is 749. The molecule has 0 fully saturated rings. The first kappa shape index (κ1) is 13.9. The lowest BCUT2D eigenvalue weighted by atomic mass is 10.1. The minimum Gasteiger partial charge on any atom is -0.297 e. The fourth-order valence-corrected chi connectivity index (χ4v) is 1.72. The van der Waals surface area contributed by atoms with Crippen LogP contribution in [-0.4, -0.2) is 20.3 Å². The van der Waals surface area contributed by atoms with Crippen LogP contribution in [0.2, 0.25) is 0 Å². The van der Waals surface area contributed by atoms with Crippen LogP contribution >= 0.6 is 0 Å². The number of non-ortho nitro benzene ring substituents is 1. The van der Waals surface area contributed by atoms with Crippen molar-refractivity contribution in [3.05, 3.63) is 45.0 Å². The van der Waals surface area contributed by atoms with Crippen molar-refractivity contribution < 1.29 is 9.72 Å². The van der Waals surface area contributed by atoms with E-state index < -0.39 is 10.5 Å². The van der Waals surface area contributed by atoms with Gasteiger partial charge >= 0.3 is 0 Å². The van der Waals surface area contributed by atoms with Crippen molar-refractivity contribution >= 4 is 22.4 Å². The standard InChI is InChI=1S/C13H13N3O4/c1-8(2)12(17)6-15-7-14-11-4-3-9(16(19)20)5-10(11)13(15)18/h3-5,7-8H,6H2,1-2H3. The van der Waals surface area contributed by atoms with E-state index in [1.807, 2.05) is 0 Å². The molecule has 0 unspecified atom stereocenters. The Labute approximate surface area is 114 Å². The van der Waals surface area contributed by atoms with Crippen molar-refractivity contribution in [2.75, 3.05) is 0 Å². The first-order valence-electron chi connectivity index (χ1n) is 6.06. The number of fused-ring (bicyclic) bond motifs is 1. The summed E-state index contributed by atoms with van der Waals surface area (Å²) >= 11 is 0. The highest BCUT2D eigenvalue weighted by Crippen LogP contribution is 2.16. The van der Waals surface area contributed by atoms with Gasteiger partial charge in [-0.05, 0) is 6.07 Å². The molecule has 0 saturated heterocycles. The number of ketones is 1. The largest absolute Gasteiger partial charge is 0.297 e. The monoisotopic (exact) mass is 275 g/mol. The second-order valence-corrected chi connectivity index (χ2v) is 4.76. The molecule has 1 aromatic heterocycles. The third-order valence-electron chi connectivity index (χ3n) is 2.99. The van der Waals surface area contributed by atoms with Crippen molar-refractivity contribution in [3.8, 4) is 0 Å². The van der Waals surface area contributed by atoms with Gasteiger partial charge in [0, 0.05) is 18.1 Å². The lowest BCUT2D eigenvalue weighted by Crippen LogP contribution is -2.26. The van der Waals surface area contributed by atoms with Gasteiger partial charge in [0.05, 0.1) is 28.7 Å². The number of carbonyl (C=O) groups is 1. The highest BCUT2D eigenvalue weighted by atomic mass is 16.6. The zero-order valence-electron chi connectivity index (χ0n) is 11.1. The van der Waals surface area contributed by atoms with Gasteiger partial charge in [-0.1, -0.05) is 13.8 Å². The molecule has 0 N–H and O–H groups in total. The van der Waals surface area contributed by atoms with Crippen molar-refractivity contribution in [3.63, 3.8) is 0 Å². The van der Waals surface area contributed by atoms with Crippen molar-refractivity contribution in [2.24, 2.45) is 5.92 Å². The molecule has 0 bridgehead atoms. The molecular weight excluding hydrogens is 262 g/mol. The minimum absolute atomic E-state index is 0.0812. The molecule has 0 spiro atoms. The molecule has 1 aromatic carbocycles. The lowest BCUT2D eigenvalue weighted by Gasteiger charge is -2.07. The van der Waals surface area contributed by atoms with E-state index in [1.165, 1.54) is 29.1 Å². The first-order valence-corrected chi connectivity index (χ1v) is 6.06. The van der Waals surface area contributed by atoms with Crippen LogP contribution in [0.15, 0.2) is 29.3 Å². The second kappa shape index (κ2) is 5.20. The normalized spacial score (nSPS) is 10.9. The summed E-state index contributed by atoms with van der Waals surface area (Å²) in [5.74, 6) is -0.290. The van der Waals surface area contributed by atoms with Crippen molar-refractivity contribution in [2.45, 2.75) is 20.4 Å². The maximum absolute atomic E-state index is 12.2. The Balaban J connectivity index is 2.54. The van der Waals surface area contributed by atoms with Crippen LogP contribution in [0.5, 0.6) is 0 Å². The summed E-state index contributed by atoms with van der Waals surface area (Å²) in [7, 11) is 0. The predicted octanol–water partition coefficient (Wildman–Crippen LogP) is 1.53. The first-order chi connectivity index (χ1) is 9.40. The van der Waals surface area contributed by atoms with Gasteiger partial charge in [-0.3, -0.25) is 24.3 Å². The number of nitro groups is 1. The maximum Gasteiger partial charge on any atom is 0.270 e. The van der Waals surface area contributed by atoms with Gasteiger partial charge in [0.2, 0.25) is 0 Å². The number of hydrogen-bond donors (Lipinski definition) is 0. The summed E-state index contributed by atoms with van der Waals surface area (Å²) in [6.07, 6.45) is 1.29. The molecule has 2 aromatic rings. The lowest BCUT2D eigenvalue weighted by molar-refractivity contribution is -0.384. The van der Waals surface area contributed by atoms with Gasteiger partial charge < -0.3 is 0 Å². The number of carbonyl (C=O) groups excluding carboxylic acids is 1. The van der Waals surface area contributed by atoms with Crippen LogP contribution in [0.3, 0.4) is 0 Å². The topological polar surface area (TPSA) is 95.1 Å². The maximum atomic E-state index is 12.2. The van der Waals surface area contributed by atoms with Crippen LogP contribution in [0.25, 0.3) is 10.9 Å². The van der Waals surface area contributed by atoms with Gasteiger partial charge in [-0.2, -0.15) is 0 Å². The average Bonchev–Trinajstić information content (AvgIpc) is 2.41. The molecule has 104 valence electrons. The second-order valence-electron chi connectivity index (χ2n) is 4.76. The number of benzene rings is 1. The van der Waals surface area contributed by atoms with E-state index in [-0.39, 0.29) is 29.3 Å². The molecule has 0 aliphatic carbocycles. The molecule has 7 heteroatoms. The number of aromatic nitrogens is 2. The van der Waals surface area contributed by atoms with Crippen LogP contribution in [0.1, 0.15) is 13.8 Å². The van der Waals surface area contributed by atoms with Crippen molar-refractivity contribution in [1.82, 2.24) is 9.55 Å². The van der Waals surface area contributed by atoms with Crippen LogP contribution in [0.4, 0.5) is 5.69 Å². The molecule has 0 radical (unpaired) electrons. The van der Waals surface area contributed by atoms with E-state index in [9.17, 15) is 19.7 Å². The van der Waals surface area contributed by atoms with Crippen molar-refractivity contribution in [1.29, 1.82) is 0 Å². The summed E-state index contributed by atoms with van der Waals surface area (Å²) in [6, 6.07) is 3.89. The molecule has 0 aliphatic rings. The predicted molar refractivity (Wildman–Crippen MR) is 72.5 cm³/mol. The zero-order valence-corrected chi connectivity index (χ0v) is 11.1. The molecule has 0 atom stereocenters. The van der Waals surface area contributed by atoms with E-state index in [0.29, 0.717) is 5.52 Å². The third-order valence-corrected chi connectivity index (χ3v) is 2.99. The summed E-state index contributed by atoms with van der Waals surface area (Å²) in [5, 5.41) is 10.9. The summed E-state index contributed by atoms with van der Waals surface area (Å²) in [5.41, 5.74) is -0.258. The zero-order chi connectivity index (χ0) is 14.9. The Morgan fingerprint density at radius 2 is 2.15 bits per heavy atom. The van der Waals surface area contributed by atoms with E-state index in [1.54, 1.807) is 13.8 Å². The molecule has 1 heterocycles. The number of hydrogen-bond acceptors (Lipinski definition) is 5. The Morgan fingerprint density at radius 3 is 2.75 bits per heavy atom. The van der Waals surface area contributed by atoms with Crippen LogP contribution < -0.4 is 5.56 Å². The van der Waals surface area contributed by atoms with Gasteiger partial charge in [-0.25, -0.2) is 4.98 Å². The smallest absolute Gasteiger partial charge is 0.270 e. The molecule has 2 rings (SSSR count). The number of nitro benzene ring substituents is 1. The summed E-state index contributed by atoms with van der Waals surface area (Å²) in [6.45, 7) is 3.40. The highest BCUT2D eigenvalue weighted by Gasteiger charge is 2.13. The molecule has 7 nitrogen and oxygen atoms in total. The molecule has 0 saturated carbocycles. The van der Waals surface area contributed by atoms with Crippen LogP contribution in [-0.2, 0) is 11.3 Å². The molecule has 0 amide bonds. The molecular formula is C13H13N3O4. The van der Waals surface area contributed by atoms with Gasteiger partial charge in [0.1, 0.15) is 0 Å². The fraction of sp³-hybridized carbons (Fsp3) is 0.308. The Hall–Kier alpha value is -2.57. The Kier molecular flexibility index (Phi) is 3.60. The van der Waals surface area contributed by atoms with Gasteiger partial charge in [0.25, 0.3) is 11.2 Å². The van der Waals surface area contributed by atoms with E-state index in [4.69, 9.17) is 0 Å². The van der Waals surface area contributed by atoms with E-state index in [0.717, 1.165) is 0 Å². The van der Waals surface area contributed by atoms with Crippen LogP contribution in [0, 0.1) is 16.0 Å².